The summed E-state index contributed by atoms with van der Waals surface area (Å²) in [7, 11) is 0. The number of aromatic nitrogens is 1. The molecule has 1 N–H and O–H groups in total. The number of pyridine rings is 1. The van der Waals surface area contributed by atoms with Gasteiger partial charge < -0.3 is 9.84 Å². The Labute approximate surface area is 129 Å². The van der Waals surface area contributed by atoms with Crippen LogP contribution in [-0.2, 0) is 10.3 Å². The molecule has 5 nitrogen and oxygen atoms in total. The van der Waals surface area contributed by atoms with Crippen molar-refractivity contribution >= 4 is 16.7 Å². The van der Waals surface area contributed by atoms with Crippen LogP contribution < -0.4 is 10.3 Å². The van der Waals surface area contributed by atoms with Gasteiger partial charge in [0.05, 0.1) is 6.61 Å². The SMILES string of the molecule is CCCCOc1ccc2c(=O)n(C(C)(C)C(=O)O)ccc2c1. The number of carboxylic acid groups (broad SMARTS) is 1. The predicted molar refractivity (Wildman–Crippen MR) is 85.6 cm³/mol. The highest BCUT2D eigenvalue weighted by Crippen LogP contribution is 2.21. The Bertz CT molecular complexity index is 746. The van der Waals surface area contributed by atoms with Gasteiger partial charge in [0.15, 0.2) is 0 Å². The zero-order valence-corrected chi connectivity index (χ0v) is 13.1. The lowest BCUT2D eigenvalue weighted by molar-refractivity contribution is -0.145. The Morgan fingerprint density at radius 1 is 1.32 bits per heavy atom. The first-order chi connectivity index (χ1) is 10.4. The molecule has 0 aliphatic rings. The smallest absolute Gasteiger partial charge is 0.329 e. The summed E-state index contributed by atoms with van der Waals surface area (Å²) in [6, 6.07) is 6.99. The van der Waals surface area contributed by atoms with Crippen LogP contribution in [0.25, 0.3) is 10.8 Å². The molecular weight excluding hydrogens is 282 g/mol. The number of hydrogen-bond donors (Lipinski definition) is 1. The van der Waals surface area contributed by atoms with Crippen molar-refractivity contribution in [3.8, 4) is 5.75 Å². The number of carbonyl (C=O) groups is 1. The summed E-state index contributed by atoms with van der Waals surface area (Å²) in [6.45, 7) is 5.75. The van der Waals surface area contributed by atoms with Crippen LogP contribution in [0, 0.1) is 0 Å². The number of benzene rings is 1. The fourth-order valence-corrected chi connectivity index (χ4v) is 2.19. The Balaban J connectivity index is 2.44. The van der Waals surface area contributed by atoms with Gasteiger partial charge in [0.25, 0.3) is 5.56 Å². The average Bonchev–Trinajstić information content (AvgIpc) is 2.47. The molecule has 1 heterocycles. The van der Waals surface area contributed by atoms with Gasteiger partial charge in [0.2, 0.25) is 0 Å². The van der Waals surface area contributed by atoms with Crippen molar-refractivity contribution in [3.63, 3.8) is 0 Å². The highest BCUT2D eigenvalue weighted by atomic mass is 16.5. The fourth-order valence-electron chi connectivity index (χ4n) is 2.19. The summed E-state index contributed by atoms with van der Waals surface area (Å²) in [5, 5.41) is 10.5. The standard InChI is InChI=1S/C17H21NO4/c1-4-5-10-22-13-6-7-14-12(11-13)8-9-18(15(14)19)17(2,3)16(20)21/h6-9,11H,4-5,10H2,1-3H3,(H,20,21). The lowest BCUT2D eigenvalue weighted by atomic mass is 10.0. The largest absolute Gasteiger partial charge is 0.494 e. The van der Waals surface area contributed by atoms with Crippen LogP contribution in [0.2, 0.25) is 0 Å². The zero-order chi connectivity index (χ0) is 16.3. The van der Waals surface area contributed by atoms with E-state index < -0.39 is 11.5 Å². The molecule has 2 aromatic rings. The van der Waals surface area contributed by atoms with E-state index in [0.29, 0.717) is 12.0 Å². The molecule has 0 bridgehead atoms. The molecule has 1 aromatic carbocycles. The van der Waals surface area contributed by atoms with Gasteiger partial charge in [-0.3, -0.25) is 9.36 Å². The molecule has 0 spiro atoms. The highest BCUT2D eigenvalue weighted by molar-refractivity contribution is 5.84. The zero-order valence-electron chi connectivity index (χ0n) is 13.1. The molecule has 5 heteroatoms. The molecule has 0 atom stereocenters. The van der Waals surface area contributed by atoms with Crippen LogP contribution in [0.15, 0.2) is 35.3 Å². The van der Waals surface area contributed by atoms with E-state index in [1.807, 2.05) is 6.07 Å². The molecule has 0 fully saturated rings. The third-order valence-electron chi connectivity index (χ3n) is 3.77. The van der Waals surface area contributed by atoms with Gasteiger partial charge in [0, 0.05) is 11.6 Å². The first-order valence-corrected chi connectivity index (χ1v) is 7.40. The summed E-state index contributed by atoms with van der Waals surface area (Å²) >= 11 is 0. The van der Waals surface area contributed by atoms with Crippen molar-refractivity contribution in [1.82, 2.24) is 4.57 Å². The van der Waals surface area contributed by atoms with Gasteiger partial charge in [-0.25, -0.2) is 4.79 Å². The van der Waals surface area contributed by atoms with Gasteiger partial charge in [-0.2, -0.15) is 0 Å². The molecule has 0 amide bonds. The van der Waals surface area contributed by atoms with Crippen molar-refractivity contribution in [3.05, 3.63) is 40.8 Å². The Morgan fingerprint density at radius 3 is 2.68 bits per heavy atom. The molecule has 1 aromatic heterocycles. The highest BCUT2D eigenvalue weighted by Gasteiger charge is 2.30. The van der Waals surface area contributed by atoms with Crippen LogP contribution in [0.4, 0.5) is 0 Å². The normalized spacial score (nSPS) is 11.6. The van der Waals surface area contributed by atoms with Gasteiger partial charge in [-0.15, -0.1) is 0 Å². The van der Waals surface area contributed by atoms with Crippen molar-refractivity contribution in [2.75, 3.05) is 6.61 Å². The fraction of sp³-hybridized carbons (Fsp3) is 0.412. The molecule has 0 saturated heterocycles. The number of unbranched alkanes of at least 4 members (excludes halogenated alkanes) is 1. The summed E-state index contributed by atoms with van der Waals surface area (Å²) in [6.07, 6.45) is 3.56. The van der Waals surface area contributed by atoms with Crippen LogP contribution >= 0.6 is 0 Å². The van der Waals surface area contributed by atoms with Crippen molar-refractivity contribution in [2.45, 2.75) is 39.2 Å². The maximum Gasteiger partial charge on any atom is 0.329 e. The van der Waals surface area contributed by atoms with E-state index in [1.165, 1.54) is 24.6 Å². The molecule has 0 unspecified atom stereocenters. The predicted octanol–water partition coefficient (Wildman–Crippen LogP) is 3.00. The van der Waals surface area contributed by atoms with Crippen LogP contribution in [0.3, 0.4) is 0 Å². The van der Waals surface area contributed by atoms with Gasteiger partial charge in [0.1, 0.15) is 11.3 Å². The molecule has 0 aliphatic carbocycles. The first kappa shape index (κ1) is 16.1. The minimum atomic E-state index is -1.29. The quantitative estimate of drug-likeness (QED) is 0.833. The number of carboxylic acids is 1. The maximum absolute atomic E-state index is 12.5. The third-order valence-corrected chi connectivity index (χ3v) is 3.77. The number of nitrogens with zero attached hydrogens (tertiary/aromatic N) is 1. The summed E-state index contributed by atoms with van der Waals surface area (Å²) < 4.78 is 6.87. The van der Waals surface area contributed by atoms with E-state index in [2.05, 4.69) is 6.92 Å². The van der Waals surface area contributed by atoms with Crippen LogP contribution in [0.5, 0.6) is 5.75 Å². The topological polar surface area (TPSA) is 68.5 Å². The van der Waals surface area contributed by atoms with E-state index in [1.54, 1.807) is 18.2 Å². The molecule has 22 heavy (non-hydrogen) atoms. The number of ether oxygens (including phenoxy) is 1. The second-order valence-corrected chi connectivity index (χ2v) is 5.81. The van der Waals surface area contributed by atoms with E-state index in [9.17, 15) is 14.7 Å². The number of hydrogen-bond acceptors (Lipinski definition) is 3. The Kier molecular flexibility index (Phi) is 4.54. The monoisotopic (exact) mass is 303 g/mol. The Hall–Kier alpha value is -2.30. The minimum Gasteiger partial charge on any atom is -0.494 e. The Morgan fingerprint density at radius 2 is 2.05 bits per heavy atom. The van der Waals surface area contributed by atoms with E-state index in [0.717, 1.165) is 24.0 Å². The summed E-state index contributed by atoms with van der Waals surface area (Å²) in [5.41, 5.74) is -1.60. The van der Waals surface area contributed by atoms with Crippen LogP contribution in [-0.4, -0.2) is 22.2 Å². The second kappa shape index (κ2) is 6.22. The van der Waals surface area contributed by atoms with Gasteiger partial charge >= 0.3 is 5.97 Å². The first-order valence-electron chi connectivity index (χ1n) is 7.40. The second-order valence-electron chi connectivity index (χ2n) is 5.81. The number of rotatable bonds is 6. The third kappa shape index (κ3) is 2.98. The van der Waals surface area contributed by atoms with E-state index in [-0.39, 0.29) is 5.56 Å². The van der Waals surface area contributed by atoms with E-state index in [4.69, 9.17) is 4.74 Å². The average molecular weight is 303 g/mol. The summed E-state index contributed by atoms with van der Waals surface area (Å²) in [5.74, 6) is -0.330. The van der Waals surface area contributed by atoms with Crippen molar-refractivity contribution in [2.24, 2.45) is 0 Å². The lowest BCUT2D eigenvalue weighted by Gasteiger charge is -2.22. The molecule has 0 aliphatic heterocycles. The van der Waals surface area contributed by atoms with E-state index >= 15 is 0 Å². The van der Waals surface area contributed by atoms with Gasteiger partial charge in [-0.05, 0) is 49.9 Å². The molecule has 0 saturated carbocycles. The summed E-state index contributed by atoms with van der Waals surface area (Å²) in [4.78, 5) is 23.8. The molecule has 118 valence electrons. The molecule has 0 radical (unpaired) electrons. The van der Waals surface area contributed by atoms with Crippen molar-refractivity contribution < 1.29 is 14.6 Å². The number of aliphatic carboxylic acids is 1. The van der Waals surface area contributed by atoms with Crippen molar-refractivity contribution in [1.29, 1.82) is 0 Å². The van der Waals surface area contributed by atoms with Gasteiger partial charge in [-0.1, -0.05) is 13.3 Å². The molecule has 2 rings (SSSR count). The number of fused-ring (bicyclic) bond motifs is 1. The lowest BCUT2D eigenvalue weighted by Crippen LogP contribution is -2.42. The maximum atomic E-state index is 12.5. The molecular formula is C17H21NO4. The minimum absolute atomic E-state index is 0.315. The van der Waals surface area contributed by atoms with Crippen LogP contribution in [0.1, 0.15) is 33.6 Å².